The molecule has 2 bridgehead atoms. The van der Waals surface area contributed by atoms with E-state index < -0.39 is 0 Å². The second-order valence-electron chi connectivity index (χ2n) is 8.71. The molecule has 0 saturated heterocycles. The fourth-order valence-corrected chi connectivity index (χ4v) is 4.53. The van der Waals surface area contributed by atoms with Crippen LogP contribution in [0.1, 0.15) is 24.0 Å². The molecule has 172 valence electrons. The molecule has 4 aromatic rings. The van der Waals surface area contributed by atoms with Crippen molar-refractivity contribution in [2.75, 3.05) is 19.0 Å². The molecule has 0 radical (unpaired) electrons. The van der Waals surface area contributed by atoms with Crippen LogP contribution in [-0.2, 0) is 19.6 Å². The standard InChI is InChI=1S/C25H25N7O2/c1-30-15-17-9-10-19(13-18(17)16-30)27-25-26-14-20-23(29-25)32-21-7-6-8-22(28-21)34-12-5-3-2-4-11-31(32)24(20)33/h2,4,6-10,13-14H,3,5,11-12,15-16H2,1H3,(H,26,27,29)/b4-2-. The van der Waals surface area contributed by atoms with E-state index in [0.717, 1.165) is 31.6 Å². The van der Waals surface area contributed by atoms with Crippen molar-refractivity contribution in [3.63, 3.8) is 0 Å². The molecule has 5 heterocycles. The molecule has 34 heavy (non-hydrogen) atoms. The summed E-state index contributed by atoms with van der Waals surface area (Å²) >= 11 is 0. The second kappa shape index (κ2) is 8.42. The molecule has 0 saturated carbocycles. The highest BCUT2D eigenvalue weighted by molar-refractivity contribution is 5.77. The molecule has 2 aliphatic heterocycles. The van der Waals surface area contributed by atoms with Crippen molar-refractivity contribution in [1.29, 1.82) is 0 Å². The molecule has 0 fully saturated rings. The summed E-state index contributed by atoms with van der Waals surface area (Å²) in [6.45, 7) is 2.89. The van der Waals surface area contributed by atoms with Gasteiger partial charge in [0.2, 0.25) is 11.8 Å². The quantitative estimate of drug-likeness (QED) is 0.463. The van der Waals surface area contributed by atoms with Gasteiger partial charge in [-0.15, -0.1) is 0 Å². The van der Waals surface area contributed by atoms with Crippen molar-refractivity contribution in [2.24, 2.45) is 0 Å². The van der Waals surface area contributed by atoms with Gasteiger partial charge in [0.1, 0.15) is 5.39 Å². The zero-order valence-electron chi connectivity index (χ0n) is 18.9. The van der Waals surface area contributed by atoms with Gasteiger partial charge in [-0.1, -0.05) is 24.3 Å². The lowest BCUT2D eigenvalue weighted by molar-refractivity contribution is 0.299. The monoisotopic (exact) mass is 455 g/mol. The van der Waals surface area contributed by atoms with Crippen LogP contribution in [0.25, 0.3) is 16.9 Å². The van der Waals surface area contributed by atoms with Gasteiger partial charge in [0.25, 0.3) is 5.56 Å². The SMILES string of the molecule is CN1Cc2ccc(Nc3ncc4c(=O)n5n(c4n3)-c3cccc(n3)OCCC/C=C\C5)cc2C1. The molecule has 1 aromatic carbocycles. The first-order chi connectivity index (χ1) is 16.7. The lowest BCUT2D eigenvalue weighted by Gasteiger charge is -2.13. The number of nitrogens with zero attached hydrogens (tertiary/aromatic N) is 6. The van der Waals surface area contributed by atoms with Crippen molar-refractivity contribution < 1.29 is 4.74 Å². The van der Waals surface area contributed by atoms with E-state index in [1.54, 1.807) is 15.6 Å². The van der Waals surface area contributed by atoms with Gasteiger partial charge in [-0.3, -0.25) is 9.69 Å². The molecule has 1 N–H and O–H groups in total. The lowest BCUT2D eigenvalue weighted by atomic mass is 10.1. The van der Waals surface area contributed by atoms with E-state index in [-0.39, 0.29) is 5.56 Å². The maximum Gasteiger partial charge on any atom is 0.278 e. The molecular weight excluding hydrogens is 430 g/mol. The van der Waals surface area contributed by atoms with Gasteiger partial charge in [0, 0.05) is 31.0 Å². The first-order valence-electron chi connectivity index (χ1n) is 11.5. The summed E-state index contributed by atoms with van der Waals surface area (Å²) in [5, 5.41) is 3.75. The Morgan fingerprint density at radius 3 is 2.91 bits per heavy atom. The predicted molar refractivity (Wildman–Crippen MR) is 130 cm³/mol. The molecule has 0 spiro atoms. The van der Waals surface area contributed by atoms with Crippen molar-refractivity contribution in [3.05, 3.63) is 76.2 Å². The molecule has 0 amide bonds. The Balaban J connectivity index is 1.45. The number of anilines is 2. The summed E-state index contributed by atoms with van der Waals surface area (Å²) in [6.07, 6.45) is 7.42. The summed E-state index contributed by atoms with van der Waals surface area (Å²) in [4.78, 5) is 29.4. The van der Waals surface area contributed by atoms with Gasteiger partial charge in [-0.2, -0.15) is 9.97 Å². The highest BCUT2D eigenvalue weighted by Gasteiger charge is 2.19. The number of hydrogen-bond acceptors (Lipinski definition) is 7. The summed E-state index contributed by atoms with van der Waals surface area (Å²) in [5.74, 6) is 1.52. The maximum atomic E-state index is 13.3. The first kappa shape index (κ1) is 20.6. The fraction of sp³-hybridized carbons (Fsp3) is 0.280. The average molecular weight is 456 g/mol. The van der Waals surface area contributed by atoms with Gasteiger partial charge in [0.05, 0.1) is 13.2 Å². The van der Waals surface area contributed by atoms with Crippen molar-refractivity contribution >= 4 is 22.7 Å². The van der Waals surface area contributed by atoms with Crippen LogP contribution < -0.4 is 15.6 Å². The summed E-state index contributed by atoms with van der Waals surface area (Å²) in [6, 6.07) is 11.9. The molecule has 3 aromatic heterocycles. The van der Waals surface area contributed by atoms with Crippen LogP contribution >= 0.6 is 0 Å². The Hall–Kier alpha value is -3.98. The topological polar surface area (TPSA) is 90.1 Å². The van der Waals surface area contributed by atoms with Gasteiger partial charge in [-0.05, 0) is 49.2 Å². The van der Waals surface area contributed by atoms with E-state index in [1.165, 1.54) is 11.1 Å². The molecule has 6 rings (SSSR count). The lowest BCUT2D eigenvalue weighted by Crippen LogP contribution is -2.22. The summed E-state index contributed by atoms with van der Waals surface area (Å²) in [7, 11) is 2.11. The Labute approximate surface area is 196 Å². The van der Waals surface area contributed by atoms with Gasteiger partial charge >= 0.3 is 0 Å². The minimum absolute atomic E-state index is 0.156. The molecule has 0 aliphatic carbocycles. The molecule has 2 aliphatic rings. The number of fused-ring (bicyclic) bond motifs is 7. The van der Waals surface area contributed by atoms with Gasteiger partial charge < -0.3 is 10.1 Å². The Morgan fingerprint density at radius 2 is 1.97 bits per heavy atom. The van der Waals surface area contributed by atoms with Crippen molar-refractivity contribution in [3.8, 4) is 11.7 Å². The first-order valence-corrected chi connectivity index (χ1v) is 11.5. The van der Waals surface area contributed by atoms with E-state index in [2.05, 4.69) is 45.4 Å². The number of benzene rings is 1. The van der Waals surface area contributed by atoms with Crippen LogP contribution in [0.15, 0.2) is 59.5 Å². The maximum absolute atomic E-state index is 13.3. The number of aromatic nitrogens is 5. The molecular formula is C25H25N7O2. The van der Waals surface area contributed by atoms with E-state index in [9.17, 15) is 4.79 Å². The highest BCUT2D eigenvalue weighted by atomic mass is 16.5. The van der Waals surface area contributed by atoms with Crippen LogP contribution in [-0.4, -0.2) is 42.9 Å². The number of nitrogens with one attached hydrogen (secondary N) is 1. The van der Waals surface area contributed by atoms with Crippen LogP contribution in [0.2, 0.25) is 0 Å². The molecule has 0 atom stereocenters. The minimum atomic E-state index is -0.156. The Morgan fingerprint density at radius 1 is 1.06 bits per heavy atom. The van der Waals surface area contributed by atoms with Gasteiger partial charge in [0.15, 0.2) is 11.5 Å². The highest BCUT2D eigenvalue weighted by Crippen LogP contribution is 2.26. The normalized spacial score (nSPS) is 16.7. The largest absolute Gasteiger partial charge is 0.478 e. The second-order valence-corrected chi connectivity index (χ2v) is 8.71. The smallest absolute Gasteiger partial charge is 0.278 e. The van der Waals surface area contributed by atoms with Crippen LogP contribution in [0.5, 0.6) is 5.88 Å². The number of ether oxygens (including phenoxy) is 1. The third-order valence-electron chi connectivity index (χ3n) is 6.15. The number of hydrogen-bond donors (Lipinski definition) is 1. The summed E-state index contributed by atoms with van der Waals surface area (Å²) in [5.41, 5.74) is 3.89. The molecule has 0 unspecified atom stereocenters. The van der Waals surface area contributed by atoms with Crippen LogP contribution in [0, 0.1) is 0 Å². The number of pyridine rings is 1. The Kier molecular flexibility index (Phi) is 5.10. The molecule has 9 heteroatoms. The van der Waals surface area contributed by atoms with Gasteiger partial charge in [-0.25, -0.2) is 14.3 Å². The van der Waals surface area contributed by atoms with E-state index in [4.69, 9.17) is 9.72 Å². The zero-order valence-corrected chi connectivity index (χ0v) is 18.9. The number of allylic oxidation sites excluding steroid dienone is 2. The van der Waals surface area contributed by atoms with Crippen molar-refractivity contribution in [2.45, 2.75) is 32.5 Å². The average Bonchev–Trinajstić information content (AvgIpc) is 3.33. The van der Waals surface area contributed by atoms with Crippen molar-refractivity contribution in [1.82, 2.24) is 29.2 Å². The third-order valence-corrected chi connectivity index (χ3v) is 6.15. The van der Waals surface area contributed by atoms with E-state index in [1.807, 2.05) is 30.3 Å². The predicted octanol–water partition coefficient (Wildman–Crippen LogP) is 3.40. The van der Waals surface area contributed by atoms with Crippen LogP contribution in [0.4, 0.5) is 11.6 Å². The Bertz CT molecular complexity index is 1470. The zero-order chi connectivity index (χ0) is 23.1. The fourth-order valence-electron chi connectivity index (χ4n) is 4.53. The third kappa shape index (κ3) is 3.73. The van der Waals surface area contributed by atoms with E-state index in [0.29, 0.717) is 41.8 Å². The van der Waals surface area contributed by atoms with E-state index >= 15 is 0 Å². The number of rotatable bonds is 2. The van der Waals surface area contributed by atoms with Crippen LogP contribution in [0.3, 0.4) is 0 Å². The summed E-state index contributed by atoms with van der Waals surface area (Å²) < 4.78 is 9.19. The minimum Gasteiger partial charge on any atom is -0.478 e. The molecule has 9 nitrogen and oxygen atoms in total.